The van der Waals surface area contributed by atoms with Crippen LogP contribution in [0.15, 0.2) is 0 Å². The van der Waals surface area contributed by atoms with E-state index in [0.29, 0.717) is 12.8 Å². The van der Waals surface area contributed by atoms with E-state index in [0.717, 1.165) is 50.4 Å². The van der Waals surface area contributed by atoms with E-state index < -0.39 is 6.10 Å². The van der Waals surface area contributed by atoms with Gasteiger partial charge in [-0.2, -0.15) is 0 Å². The minimum Gasteiger partial charge on any atom is -0.462 e. The molecule has 0 aromatic rings. The first-order chi connectivity index (χ1) is 19.8. The first-order valence-corrected chi connectivity index (χ1v) is 17.8. The predicted octanol–water partition coefficient (Wildman–Crippen LogP) is 10.5. The van der Waals surface area contributed by atoms with E-state index >= 15 is 0 Å². The van der Waals surface area contributed by atoms with E-state index in [1.54, 1.807) is 0 Å². The first kappa shape index (κ1) is 39.9. The van der Waals surface area contributed by atoms with Gasteiger partial charge in [-0.15, -0.1) is 0 Å². The summed E-state index contributed by atoms with van der Waals surface area (Å²) in [7, 11) is 0. The molecule has 0 fully saturated rings. The maximum absolute atomic E-state index is 12.1. The molecule has 0 rings (SSSR count). The summed E-state index contributed by atoms with van der Waals surface area (Å²) in [6.07, 6.45) is 28.8. The number of unbranched alkanes of at least 4 members (excludes halogenated alkanes) is 19. The van der Waals surface area contributed by atoms with Gasteiger partial charge in [0.1, 0.15) is 6.61 Å². The molecule has 244 valence electrons. The molecular weight excluding hydrogens is 512 g/mol. The summed E-state index contributed by atoms with van der Waals surface area (Å²) >= 11 is 0. The SMILES string of the molecule is CC(C)CCCCCCCCCCCCCCCCC(=O)O[C@@H](CO)COC(=O)CCCCCCCCCC(C)C. The lowest BCUT2D eigenvalue weighted by atomic mass is 10.0. The van der Waals surface area contributed by atoms with Crippen molar-refractivity contribution in [1.82, 2.24) is 0 Å². The first-order valence-electron chi connectivity index (χ1n) is 17.8. The lowest BCUT2D eigenvalue weighted by Crippen LogP contribution is -2.28. The number of carbonyl (C=O) groups excluding carboxylic acids is 2. The van der Waals surface area contributed by atoms with Gasteiger partial charge in [0.2, 0.25) is 0 Å². The van der Waals surface area contributed by atoms with Crippen molar-refractivity contribution in [3.8, 4) is 0 Å². The lowest BCUT2D eigenvalue weighted by molar-refractivity contribution is -0.161. The van der Waals surface area contributed by atoms with Crippen molar-refractivity contribution in [1.29, 1.82) is 0 Å². The molecule has 0 amide bonds. The molecule has 0 saturated carbocycles. The molecule has 1 N–H and O–H groups in total. The quantitative estimate of drug-likeness (QED) is 0.0650. The summed E-state index contributed by atoms with van der Waals surface area (Å²) in [6.45, 7) is 8.79. The zero-order valence-electron chi connectivity index (χ0n) is 27.9. The molecule has 5 nitrogen and oxygen atoms in total. The zero-order chi connectivity index (χ0) is 30.4. The van der Waals surface area contributed by atoms with Crippen LogP contribution in [0.5, 0.6) is 0 Å². The Hall–Kier alpha value is -1.10. The second kappa shape index (κ2) is 30.4. The minimum absolute atomic E-state index is 0.0603. The Labute approximate surface area is 255 Å². The number of esters is 2. The third-order valence-electron chi connectivity index (χ3n) is 8.01. The van der Waals surface area contributed by atoms with Gasteiger partial charge in [-0.05, 0) is 24.7 Å². The minimum atomic E-state index is -0.762. The van der Waals surface area contributed by atoms with Crippen molar-refractivity contribution >= 4 is 11.9 Å². The molecule has 0 aromatic carbocycles. The molecule has 0 unspecified atom stereocenters. The lowest BCUT2D eigenvalue weighted by Gasteiger charge is -2.15. The predicted molar refractivity (Wildman–Crippen MR) is 173 cm³/mol. The van der Waals surface area contributed by atoms with Crippen molar-refractivity contribution in [2.45, 2.75) is 194 Å². The van der Waals surface area contributed by atoms with Gasteiger partial charge in [0.25, 0.3) is 0 Å². The average Bonchev–Trinajstić information content (AvgIpc) is 2.93. The molecule has 0 spiro atoms. The van der Waals surface area contributed by atoms with Crippen LogP contribution in [-0.2, 0) is 19.1 Å². The topological polar surface area (TPSA) is 72.8 Å². The normalized spacial score (nSPS) is 12.3. The van der Waals surface area contributed by atoms with E-state index in [2.05, 4.69) is 27.7 Å². The number of hydrogen-bond acceptors (Lipinski definition) is 5. The highest BCUT2D eigenvalue weighted by Gasteiger charge is 2.16. The van der Waals surface area contributed by atoms with E-state index in [1.165, 1.54) is 109 Å². The molecule has 5 heteroatoms. The Morgan fingerprint density at radius 3 is 1.15 bits per heavy atom. The molecule has 1 atom stereocenters. The van der Waals surface area contributed by atoms with Gasteiger partial charge >= 0.3 is 11.9 Å². The number of carbonyl (C=O) groups is 2. The number of hydrogen-bond donors (Lipinski definition) is 1. The molecule has 0 heterocycles. The molecule has 0 aliphatic heterocycles. The molecular formula is C36H70O5. The standard InChI is InChI=1S/C36H70O5/c1-32(2)26-22-18-14-11-9-7-5-6-8-10-12-16-21-25-29-36(39)41-34(30-37)31-40-35(38)28-24-20-17-13-15-19-23-27-33(3)4/h32-34,37H,5-31H2,1-4H3/t34-/m0/s1. The molecule has 0 bridgehead atoms. The number of aliphatic hydroxyl groups excluding tert-OH is 1. The van der Waals surface area contributed by atoms with E-state index in [9.17, 15) is 14.7 Å². The highest BCUT2D eigenvalue weighted by Crippen LogP contribution is 2.16. The Balaban J connectivity index is 3.52. The molecule has 0 saturated heterocycles. The number of rotatable bonds is 31. The largest absolute Gasteiger partial charge is 0.462 e. The fourth-order valence-electron chi connectivity index (χ4n) is 5.28. The van der Waals surface area contributed by atoms with Gasteiger partial charge in [-0.3, -0.25) is 9.59 Å². The van der Waals surface area contributed by atoms with E-state index in [-0.39, 0.29) is 25.2 Å². The van der Waals surface area contributed by atoms with Crippen LogP contribution in [0, 0.1) is 11.8 Å². The van der Waals surface area contributed by atoms with Crippen molar-refractivity contribution in [2.75, 3.05) is 13.2 Å². The van der Waals surface area contributed by atoms with E-state index in [1.807, 2.05) is 0 Å². The second-order valence-electron chi connectivity index (χ2n) is 13.3. The van der Waals surface area contributed by atoms with Crippen LogP contribution in [0.3, 0.4) is 0 Å². The van der Waals surface area contributed by atoms with Crippen LogP contribution in [-0.4, -0.2) is 36.4 Å². The van der Waals surface area contributed by atoms with Crippen molar-refractivity contribution < 1.29 is 24.2 Å². The van der Waals surface area contributed by atoms with E-state index in [4.69, 9.17) is 9.47 Å². The maximum atomic E-state index is 12.1. The van der Waals surface area contributed by atoms with Gasteiger partial charge in [0.05, 0.1) is 6.61 Å². The van der Waals surface area contributed by atoms with Gasteiger partial charge in [0, 0.05) is 12.8 Å². The monoisotopic (exact) mass is 583 g/mol. The molecule has 0 aliphatic rings. The third-order valence-corrected chi connectivity index (χ3v) is 8.01. The Morgan fingerprint density at radius 1 is 0.488 bits per heavy atom. The Kier molecular flexibility index (Phi) is 29.5. The average molecular weight is 583 g/mol. The van der Waals surface area contributed by atoms with Crippen LogP contribution in [0.25, 0.3) is 0 Å². The van der Waals surface area contributed by atoms with Crippen LogP contribution in [0.2, 0.25) is 0 Å². The maximum Gasteiger partial charge on any atom is 0.306 e. The molecule has 0 aliphatic carbocycles. The smallest absolute Gasteiger partial charge is 0.306 e. The van der Waals surface area contributed by atoms with Crippen LogP contribution < -0.4 is 0 Å². The van der Waals surface area contributed by atoms with Crippen LogP contribution >= 0.6 is 0 Å². The summed E-state index contributed by atoms with van der Waals surface area (Å²) < 4.78 is 10.6. The molecule has 41 heavy (non-hydrogen) atoms. The van der Waals surface area contributed by atoms with Crippen molar-refractivity contribution in [3.63, 3.8) is 0 Å². The highest BCUT2D eigenvalue weighted by molar-refractivity contribution is 5.70. The fraction of sp³-hybridized carbons (Fsp3) is 0.944. The third kappa shape index (κ3) is 31.7. The second-order valence-corrected chi connectivity index (χ2v) is 13.3. The van der Waals surface area contributed by atoms with Gasteiger partial charge in [0.15, 0.2) is 6.10 Å². The number of ether oxygens (including phenoxy) is 2. The van der Waals surface area contributed by atoms with Crippen molar-refractivity contribution in [3.05, 3.63) is 0 Å². The highest BCUT2D eigenvalue weighted by atomic mass is 16.6. The summed E-state index contributed by atoms with van der Waals surface area (Å²) in [4.78, 5) is 24.1. The summed E-state index contributed by atoms with van der Waals surface area (Å²) in [5.41, 5.74) is 0. The van der Waals surface area contributed by atoms with Crippen LogP contribution in [0.1, 0.15) is 188 Å². The fourth-order valence-corrected chi connectivity index (χ4v) is 5.28. The summed E-state index contributed by atoms with van der Waals surface area (Å²) in [5, 5.41) is 9.50. The van der Waals surface area contributed by atoms with Gasteiger partial charge in [-0.1, -0.05) is 163 Å². The summed E-state index contributed by atoms with van der Waals surface area (Å²) in [5.74, 6) is 1.06. The van der Waals surface area contributed by atoms with Crippen LogP contribution in [0.4, 0.5) is 0 Å². The van der Waals surface area contributed by atoms with Gasteiger partial charge < -0.3 is 14.6 Å². The Bertz CT molecular complexity index is 574. The molecule has 0 aromatic heterocycles. The van der Waals surface area contributed by atoms with Crippen molar-refractivity contribution in [2.24, 2.45) is 11.8 Å². The summed E-state index contributed by atoms with van der Waals surface area (Å²) in [6, 6.07) is 0. The Morgan fingerprint density at radius 2 is 0.805 bits per heavy atom. The zero-order valence-corrected chi connectivity index (χ0v) is 27.9. The number of aliphatic hydroxyl groups is 1. The molecule has 0 radical (unpaired) electrons. The van der Waals surface area contributed by atoms with Gasteiger partial charge in [-0.25, -0.2) is 0 Å².